The van der Waals surface area contributed by atoms with Crippen LogP contribution in [0.25, 0.3) is 0 Å². The first kappa shape index (κ1) is 13.7. The Kier molecular flexibility index (Phi) is 3.69. The van der Waals surface area contributed by atoms with E-state index in [1.54, 1.807) is 13.1 Å². The Morgan fingerprint density at radius 2 is 2.14 bits per heavy atom. The molecule has 0 bridgehead atoms. The molecule has 1 unspecified atom stereocenters. The first-order chi connectivity index (χ1) is 10.2. The quantitative estimate of drug-likeness (QED) is 0.809. The maximum atomic E-state index is 11.9. The van der Waals surface area contributed by atoms with Crippen LogP contribution in [0.2, 0.25) is 0 Å². The largest absolute Gasteiger partial charge is 0.462 e. The van der Waals surface area contributed by atoms with Crippen molar-refractivity contribution in [2.75, 3.05) is 6.61 Å². The van der Waals surface area contributed by atoms with Crippen LogP contribution in [0.1, 0.15) is 52.8 Å². The lowest BCUT2D eigenvalue weighted by Crippen LogP contribution is -2.22. The molecule has 4 nitrogen and oxygen atoms in total. The van der Waals surface area contributed by atoms with Crippen molar-refractivity contribution in [2.45, 2.75) is 32.6 Å². The number of aryl methyl sites for hydroxylation is 1. The monoisotopic (exact) mass is 282 g/mol. The number of fused-ring (bicyclic) bond motifs is 1. The van der Waals surface area contributed by atoms with Crippen LogP contribution in [0.5, 0.6) is 0 Å². The molecule has 1 atom stereocenters. The topological polar surface area (TPSA) is 52.1 Å². The molecule has 0 saturated heterocycles. The lowest BCUT2D eigenvalue weighted by molar-refractivity contribution is 0.0524. The highest BCUT2D eigenvalue weighted by atomic mass is 16.5. The molecular weight excluding hydrogens is 264 g/mol. The van der Waals surface area contributed by atoms with Gasteiger partial charge in [-0.05, 0) is 30.9 Å². The zero-order valence-electron chi connectivity index (χ0n) is 12.3. The zero-order valence-corrected chi connectivity index (χ0v) is 12.3. The van der Waals surface area contributed by atoms with Crippen LogP contribution < -0.4 is 0 Å². The van der Waals surface area contributed by atoms with Crippen molar-refractivity contribution in [3.63, 3.8) is 0 Å². The molecule has 0 amide bonds. The van der Waals surface area contributed by atoms with Gasteiger partial charge in [-0.15, -0.1) is 0 Å². The molecule has 1 heterocycles. The summed E-state index contributed by atoms with van der Waals surface area (Å²) in [6, 6.07) is 8.35. The fourth-order valence-electron chi connectivity index (χ4n) is 2.74. The van der Waals surface area contributed by atoms with E-state index in [0.29, 0.717) is 18.6 Å². The molecule has 0 saturated carbocycles. The summed E-state index contributed by atoms with van der Waals surface area (Å²) in [5.74, 6) is 0.719. The second kappa shape index (κ2) is 5.64. The molecule has 108 valence electrons. The van der Waals surface area contributed by atoms with Gasteiger partial charge in [-0.2, -0.15) is 0 Å². The first-order valence-corrected chi connectivity index (χ1v) is 7.35. The van der Waals surface area contributed by atoms with Gasteiger partial charge in [0.1, 0.15) is 5.82 Å². The van der Waals surface area contributed by atoms with Gasteiger partial charge in [0.2, 0.25) is 0 Å². The molecule has 4 heteroatoms. The Labute approximate surface area is 124 Å². The number of carbonyl (C=O) groups is 1. The molecule has 1 aliphatic rings. The molecule has 1 aliphatic carbocycles. The van der Waals surface area contributed by atoms with E-state index in [-0.39, 0.29) is 11.9 Å². The highest BCUT2D eigenvalue weighted by molar-refractivity contribution is 5.90. The Morgan fingerprint density at radius 3 is 2.86 bits per heavy atom. The van der Waals surface area contributed by atoms with E-state index in [2.05, 4.69) is 28.2 Å². The van der Waals surface area contributed by atoms with E-state index in [0.717, 1.165) is 17.9 Å². The average molecular weight is 282 g/mol. The van der Waals surface area contributed by atoms with Crippen molar-refractivity contribution in [3.05, 3.63) is 58.7 Å². The smallest absolute Gasteiger partial charge is 0.341 e. The highest BCUT2D eigenvalue weighted by Gasteiger charge is 2.30. The molecule has 1 aromatic carbocycles. The summed E-state index contributed by atoms with van der Waals surface area (Å²) in [6.45, 7) is 4.15. The Hall–Kier alpha value is -2.23. The van der Waals surface area contributed by atoms with Crippen LogP contribution in [-0.2, 0) is 17.6 Å². The maximum absolute atomic E-state index is 11.9. The van der Waals surface area contributed by atoms with Gasteiger partial charge in [-0.3, -0.25) is 0 Å². The van der Waals surface area contributed by atoms with E-state index in [1.165, 1.54) is 11.1 Å². The van der Waals surface area contributed by atoms with Gasteiger partial charge in [0.05, 0.1) is 17.9 Å². The average Bonchev–Trinajstić information content (AvgIpc) is 2.48. The number of hydrogen-bond acceptors (Lipinski definition) is 4. The standard InChI is InChI=1S/C17H18N2O2/c1-3-15-14(17(20)21-4-2)10-18-16(19-15)13-9-11-7-5-6-8-12(11)13/h5-8,10,13H,3-4,9H2,1-2H3. The summed E-state index contributed by atoms with van der Waals surface area (Å²) in [5, 5.41) is 0. The number of aromatic nitrogens is 2. The van der Waals surface area contributed by atoms with Crippen LogP contribution in [0.4, 0.5) is 0 Å². The summed E-state index contributed by atoms with van der Waals surface area (Å²) >= 11 is 0. The summed E-state index contributed by atoms with van der Waals surface area (Å²) in [5.41, 5.74) is 3.90. The predicted octanol–water partition coefficient (Wildman–Crippen LogP) is 2.90. The van der Waals surface area contributed by atoms with Crippen molar-refractivity contribution >= 4 is 5.97 Å². The summed E-state index contributed by atoms with van der Waals surface area (Å²) in [7, 11) is 0. The number of benzene rings is 1. The molecular formula is C17H18N2O2. The summed E-state index contributed by atoms with van der Waals surface area (Å²) in [4.78, 5) is 20.9. The first-order valence-electron chi connectivity index (χ1n) is 7.35. The van der Waals surface area contributed by atoms with Crippen LogP contribution in [0.15, 0.2) is 30.5 Å². The minimum atomic E-state index is -0.338. The van der Waals surface area contributed by atoms with Gasteiger partial charge < -0.3 is 4.74 Å². The molecule has 0 spiro atoms. The van der Waals surface area contributed by atoms with Gasteiger partial charge in [0.15, 0.2) is 0 Å². The SMILES string of the molecule is CCOC(=O)c1cnc(C2Cc3ccccc32)nc1CC. The van der Waals surface area contributed by atoms with E-state index in [4.69, 9.17) is 4.74 Å². The second-order valence-corrected chi connectivity index (χ2v) is 5.12. The third kappa shape index (κ3) is 2.42. The van der Waals surface area contributed by atoms with E-state index in [9.17, 15) is 4.79 Å². The van der Waals surface area contributed by atoms with Gasteiger partial charge >= 0.3 is 5.97 Å². The van der Waals surface area contributed by atoms with Gasteiger partial charge in [0, 0.05) is 12.1 Å². The van der Waals surface area contributed by atoms with Crippen molar-refractivity contribution in [2.24, 2.45) is 0 Å². The van der Waals surface area contributed by atoms with Crippen LogP contribution in [-0.4, -0.2) is 22.5 Å². The van der Waals surface area contributed by atoms with Crippen LogP contribution in [0, 0.1) is 0 Å². The van der Waals surface area contributed by atoms with Gasteiger partial charge in [0.25, 0.3) is 0 Å². The van der Waals surface area contributed by atoms with Crippen LogP contribution >= 0.6 is 0 Å². The van der Waals surface area contributed by atoms with Crippen molar-refractivity contribution in [3.8, 4) is 0 Å². The van der Waals surface area contributed by atoms with Gasteiger partial charge in [-0.25, -0.2) is 14.8 Å². The van der Waals surface area contributed by atoms with E-state index in [1.807, 2.05) is 13.0 Å². The maximum Gasteiger partial charge on any atom is 0.341 e. The predicted molar refractivity (Wildman–Crippen MR) is 79.4 cm³/mol. The number of esters is 1. The van der Waals surface area contributed by atoms with E-state index >= 15 is 0 Å². The number of carbonyl (C=O) groups excluding carboxylic acids is 1. The number of ether oxygens (including phenoxy) is 1. The lowest BCUT2D eigenvalue weighted by atomic mass is 9.77. The fourth-order valence-corrected chi connectivity index (χ4v) is 2.74. The fraction of sp³-hybridized carbons (Fsp3) is 0.353. The van der Waals surface area contributed by atoms with Gasteiger partial charge in [-0.1, -0.05) is 31.2 Å². The van der Waals surface area contributed by atoms with Crippen LogP contribution in [0.3, 0.4) is 0 Å². The third-order valence-electron chi connectivity index (χ3n) is 3.88. The van der Waals surface area contributed by atoms with Crippen molar-refractivity contribution in [1.29, 1.82) is 0 Å². The third-order valence-corrected chi connectivity index (χ3v) is 3.88. The summed E-state index contributed by atoms with van der Waals surface area (Å²) in [6.07, 6.45) is 3.27. The zero-order chi connectivity index (χ0) is 14.8. The number of nitrogens with zero attached hydrogens (tertiary/aromatic N) is 2. The molecule has 2 aromatic rings. The second-order valence-electron chi connectivity index (χ2n) is 5.12. The Morgan fingerprint density at radius 1 is 1.33 bits per heavy atom. The molecule has 0 aliphatic heterocycles. The number of rotatable bonds is 4. The molecule has 0 fully saturated rings. The lowest BCUT2D eigenvalue weighted by Gasteiger charge is -2.29. The van der Waals surface area contributed by atoms with Crippen molar-refractivity contribution < 1.29 is 9.53 Å². The Bertz CT molecular complexity index is 682. The molecule has 1 aromatic heterocycles. The highest BCUT2D eigenvalue weighted by Crippen LogP contribution is 2.38. The molecule has 0 N–H and O–H groups in total. The molecule has 3 rings (SSSR count). The normalized spacial score (nSPS) is 16.0. The molecule has 21 heavy (non-hydrogen) atoms. The minimum Gasteiger partial charge on any atom is -0.462 e. The number of hydrogen-bond donors (Lipinski definition) is 0. The Balaban J connectivity index is 1.91. The van der Waals surface area contributed by atoms with Crippen molar-refractivity contribution in [1.82, 2.24) is 9.97 Å². The minimum absolute atomic E-state index is 0.253. The van der Waals surface area contributed by atoms with E-state index < -0.39 is 0 Å². The summed E-state index contributed by atoms with van der Waals surface area (Å²) < 4.78 is 5.05. The molecule has 0 radical (unpaired) electrons.